The molecule has 0 saturated heterocycles. The Bertz CT molecular complexity index is 687. The first-order valence-corrected chi connectivity index (χ1v) is 7.09. The Kier molecular flexibility index (Phi) is 4.70. The molecule has 1 aromatic heterocycles. The fourth-order valence-electron chi connectivity index (χ4n) is 1.92. The lowest BCUT2D eigenvalue weighted by Crippen LogP contribution is -2.06. The zero-order valence-electron chi connectivity index (χ0n) is 11.5. The van der Waals surface area contributed by atoms with Gasteiger partial charge in [0, 0.05) is 11.2 Å². The van der Waals surface area contributed by atoms with Gasteiger partial charge in [0.1, 0.15) is 5.82 Å². The van der Waals surface area contributed by atoms with E-state index in [0.29, 0.717) is 27.1 Å². The lowest BCUT2D eigenvalue weighted by molar-refractivity contribution is 0.0695. The van der Waals surface area contributed by atoms with Gasteiger partial charge in [0.2, 0.25) is 0 Å². The topological polar surface area (TPSA) is 62.2 Å². The molecule has 4 nitrogen and oxygen atoms in total. The quantitative estimate of drug-likeness (QED) is 0.834. The van der Waals surface area contributed by atoms with Crippen molar-refractivity contribution >= 4 is 40.7 Å². The number of aromatic nitrogens is 1. The zero-order chi connectivity index (χ0) is 15.6. The van der Waals surface area contributed by atoms with Crippen molar-refractivity contribution in [3.05, 3.63) is 51.6 Å². The maximum Gasteiger partial charge on any atom is 0.337 e. The second-order valence-corrected chi connectivity index (χ2v) is 5.71. The molecule has 0 saturated carbocycles. The molecule has 0 spiro atoms. The van der Waals surface area contributed by atoms with Crippen molar-refractivity contribution in [2.75, 3.05) is 5.32 Å². The van der Waals surface area contributed by atoms with Gasteiger partial charge in [-0.15, -0.1) is 0 Å². The molecular weight excluding hydrogens is 311 g/mol. The number of nitrogens with one attached hydrogen (secondary N) is 1. The largest absolute Gasteiger partial charge is 0.478 e. The predicted octanol–water partition coefficient (Wildman–Crippen LogP) is 4.95. The van der Waals surface area contributed by atoms with Crippen LogP contribution in [0.4, 0.5) is 11.5 Å². The molecule has 0 radical (unpaired) electrons. The SMILES string of the molecule is CC(C)c1cc(Nc2ccc(Cl)cc2Cl)ncc1C(=O)O. The van der Waals surface area contributed by atoms with Crippen molar-refractivity contribution in [1.82, 2.24) is 4.98 Å². The number of carboxylic acid groups (broad SMARTS) is 1. The van der Waals surface area contributed by atoms with E-state index < -0.39 is 5.97 Å². The molecule has 2 N–H and O–H groups in total. The molecule has 0 amide bonds. The summed E-state index contributed by atoms with van der Waals surface area (Å²) in [7, 11) is 0. The Morgan fingerprint density at radius 1 is 1.29 bits per heavy atom. The Labute approximate surface area is 132 Å². The smallest absolute Gasteiger partial charge is 0.337 e. The number of aromatic carboxylic acids is 1. The van der Waals surface area contributed by atoms with Crippen LogP contribution in [0.5, 0.6) is 0 Å². The molecule has 0 atom stereocenters. The van der Waals surface area contributed by atoms with E-state index in [4.69, 9.17) is 23.2 Å². The number of nitrogens with zero attached hydrogens (tertiary/aromatic N) is 1. The summed E-state index contributed by atoms with van der Waals surface area (Å²) in [4.78, 5) is 15.3. The molecule has 1 heterocycles. The highest BCUT2D eigenvalue weighted by molar-refractivity contribution is 6.36. The summed E-state index contributed by atoms with van der Waals surface area (Å²) in [6, 6.07) is 6.80. The van der Waals surface area contributed by atoms with Gasteiger partial charge in [-0.3, -0.25) is 0 Å². The van der Waals surface area contributed by atoms with Crippen molar-refractivity contribution in [3.8, 4) is 0 Å². The standard InChI is InChI=1S/C15H14Cl2N2O2/c1-8(2)10-6-14(18-7-11(10)15(20)21)19-13-4-3-9(16)5-12(13)17/h3-8H,1-2H3,(H,18,19)(H,20,21). The molecule has 0 aliphatic rings. The maximum atomic E-state index is 11.2. The number of carbonyl (C=O) groups is 1. The van der Waals surface area contributed by atoms with Crippen LogP contribution in [0.1, 0.15) is 35.7 Å². The van der Waals surface area contributed by atoms with Gasteiger partial charge in [0.25, 0.3) is 0 Å². The summed E-state index contributed by atoms with van der Waals surface area (Å²) in [6.45, 7) is 3.86. The number of hydrogen-bond donors (Lipinski definition) is 2. The first-order valence-electron chi connectivity index (χ1n) is 6.33. The molecule has 0 aliphatic heterocycles. The predicted molar refractivity (Wildman–Crippen MR) is 85.0 cm³/mol. The van der Waals surface area contributed by atoms with Crippen LogP contribution >= 0.6 is 23.2 Å². The van der Waals surface area contributed by atoms with Crippen LogP contribution in [-0.4, -0.2) is 16.1 Å². The second kappa shape index (κ2) is 6.33. The first kappa shape index (κ1) is 15.6. The van der Waals surface area contributed by atoms with Gasteiger partial charge in [-0.1, -0.05) is 37.0 Å². The van der Waals surface area contributed by atoms with Gasteiger partial charge in [-0.05, 0) is 35.7 Å². The van der Waals surface area contributed by atoms with Crippen LogP contribution < -0.4 is 5.32 Å². The highest BCUT2D eigenvalue weighted by atomic mass is 35.5. The minimum absolute atomic E-state index is 0.0698. The van der Waals surface area contributed by atoms with E-state index in [-0.39, 0.29) is 11.5 Å². The van der Waals surface area contributed by atoms with Crippen molar-refractivity contribution in [2.24, 2.45) is 0 Å². The highest BCUT2D eigenvalue weighted by Crippen LogP contribution is 2.29. The highest BCUT2D eigenvalue weighted by Gasteiger charge is 2.15. The van der Waals surface area contributed by atoms with E-state index in [9.17, 15) is 9.90 Å². The summed E-state index contributed by atoms with van der Waals surface area (Å²) >= 11 is 11.9. The van der Waals surface area contributed by atoms with Crippen LogP contribution in [-0.2, 0) is 0 Å². The summed E-state index contributed by atoms with van der Waals surface area (Å²) < 4.78 is 0. The van der Waals surface area contributed by atoms with Crippen molar-refractivity contribution in [1.29, 1.82) is 0 Å². The number of benzene rings is 1. The lowest BCUT2D eigenvalue weighted by Gasteiger charge is -2.13. The summed E-state index contributed by atoms with van der Waals surface area (Å²) in [5.74, 6) is -0.379. The number of rotatable bonds is 4. The van der Waals surface area contributed by atoms with Gasteiger partial charge in [-0.25, -0.2) is 9.78 Å². The molecule has 0 unspecified atom stereocenters. The number of pyridine rings is 1. The molecule has 0 bridgehead atoms. The Balaban J connectivity index is 2.37. The van der Waals surface area contributed by atoms with E-state index in [1.165, 1.54) is 6.20 Å². The molecule has 0 fully saturated rings. The van der Waals surface area contributed by atoms with E-state index >= 15 is 0 Å². The van der Waals surface area contributed by atoms with Gasteiger partial charge in [0.05, 0.1) is 16.3 Å². The second-order valence-electron chi connectivity index (χ2n) is 4.87. The minimum atomic E-state index is -0.984. The van der Waals surface area contributed by atoms with Gasteiger partial charge >= 0.3 is 5.97 Å². The van der Waals surface area contributed by atoms with E-state index in [1.807, 2.05) is 13.8 Å². The molecule has 2 aromatic rings. The molecule has 6 heteroatoms. The number of carboxylic acids is 1. The molecular formula is C15H14Cl2N2O2. The number of anilines is 2. The molecule has 1 aromatic carbocycles. The van der Waals surface area contributed by atoms with Crippen LogP contribution in [0.15, 0.2) is 30.5 Å². The fourth-order valence-corrected chi connectivity index (χ4v) is 2.38. The third kappa shape index (κ3) is 3.65. The lowest BCUT2D eigenvalue weighted by atomic mass is 9.99. The summed E-state index contributed by atoms with van der Waals surface area (Å²) in [5, 5.41) is 13.3. The fraction of sp³-hybridized carbons (Fsp3) is 0.200. The van der Waals surface area contributed by atoms with Crippen molar-refractivity contribution in [3.63, 3.8) is 0 Å². The Morgan fingerprint density at radius 3 is 2.57 bits per heavy atom. The van der Waals surface area contributed by atoms with E-state index in [0.717, 1.165) is 0 Å². The van der Waals surface area contributed by atoms with Crippen molar-refractivity contribution < 1.29 is 9.90 Å². The summed E-state index contributed by atoms with van der Waals surface area (Å²) in [6.07, 6.45) is 1.35. The van der Waals surface area contributed by atoms with Crippen LogP contribution in [0, 0.1) is 0 Å². The van der Waals surface area contributed by atoms with Gasteiger partial charge < -0.3 is 10.4 Å². The van der Waals surface area contributed by atoms with Crippen LogP contribution in [0.2, 0.25) is 10.0 Å². The number of halogens is 2. The monoisotopic (exact) mass is 324 g/mol. The minimum Gasteiger partial charge on any atom is -0.478 e. The Morgan fingerprint density at radius 2 is 2.00 bits per heavy atom. The first-order chi connectivity index (χ1) is 9.88. The number of hydrogen-bond acceptors (Lipinski definition) is 3. The maximum absolute atomic E-state index is 11.2. The van der Waals surface area contributed by atoms with Crippen molar-refractivity contribution in [2.45, 2.75) is 19.8 Å². The van der Waals surface area contributed by atoms with E-state index in [2.05, 4.69) is 10.3 Å². The third-order valence-corrected chi connectivity index (χ3v) is 3.53. The normalized spacial score (nSPS) is 10.7. The third-order valence-electron chi connectivity index (χ3n) is 2.98. The van der Waals surface area contributed by atoms with Crippen LogP contribution in [0.25, 0.3) is 0 Å². The molecule has 2 rings (SSSR count). The molecule has 110 valence electrons. The molecule has 21 heavy (non-hydrogen) atoms. The van der Waals surface area contributed by atoms with Gasteiger partial charge in [-0.2, -0.15) is 0 Å². The molecule has 0 aliphatic carbocycles. The Hall–Kier alpha value is -1.78. The summed E-state index contributed by atoms with van der Waals surface area (Å²) in [5.41, 5.74) is 1.58. The average Bonchev–Trinajstić information content (AvgIpc) is 2.41. The zero-order valence-corrected chi connectivity index (χ0v) is 13.0. The van der Waals surface area contributed by atoms with Crippen LogP contribution in [0.3, 0.4) is 0 Å². The average molecular weight is 325 g/mol. The van der Waals surface area contributed by atoms with E-state index in [1.54, 1.807) is 24.3 Å². The van der Waals surface area contributed by atoms with Gasteiger partial charge in [0.15, 0.2) is 0 Å².